The number of hydrogen-bond acceptors (Lipinski definition) is 5. The number of sulfonamides is 1. The van der Waals surface area contributed by atoms with E-state index in [9.17, 15) is 13.2 Å². The van der Waals surface area contributed by atoms with Gasteiger partial charge in [-0.1, -0.05) is 36.2 Å². The summed E-state index contributed by atoms with van der Waals surface area (Å²) in [5.74, 6) is -0.191. The van der Waals surface area contributed by atoms with E-state index >= 15 is 0 Å². The molecule has 2 unspecified atom stereocenters. The average Bonchev–Trinajstić information content (AvgIpc) is 3.25. The van der Waals surface area contributed by atoms with Gasteiger partial charge in [-0.15, -0.1) is 0 Å². The van der Waals surface area contributed by atoms with Crippen molar-refractivity contribution in [3.63, 3.8) is 0 Å². The number of nitrogens with zero attached hydrogens (tertiary/aromatic N) is 1. The second-order valence-electron chi connectivity index (χ2n) is 7.63. The number of hydrogen-bond donors (Lipinski definition) is 3. The molecule has 160 valence electrons. The Morgan fingerprint density at radius 2 is 1.70 bits per heavy atom. The molecule has 7 nitrogen and oxygen atoms in total. The summed E-state index contributed by atoms with van der Waals surface area (Å²) < 4.78 is 27.0. The molecule has 0 bridgehead atoms. The van der Waals surface area contributed by atoms with Crippen molar-refractivity contribution >= 4 is 33.2 Å². The number of amides is 1. The summed E-state index contributed by atoms with van der Waals surface area (Å²) >= 11 is 6.25. The lowest BCUT2D eigenvalue weighted by atomic mass is 10.0. The van der Waals surface area contributed by atoms with E-state index in [1.807, 2.05) is 24.3 Å². The van der Waals surface area contributed by atoms with E-state index in [0.29, 0.717) is 30.2 Å². The molecule has 0 spiro atoms. The molecule has 1 amide bonds. The molecule has 2 aromatic carbocycles. The third kappa shape index (κ3) is 4.53. The summed E-state index contributed by atoms with van der Waals surface area (Å²) in [6.07, 6.45) is 3.41. The van der Waals surface area contributed by atoms with Crippen LogP contribution < -0.4 is 16.2 Å². The number of benzene rings is 2. The zero-order chi connectivity index (χ0) is 21.1. The smallest absolute Gasteiger partial charge is 0.243 e. The van der Waals surface area contributed by atoms with Crippen LogP contribution in [-0.2, 0) is 14.8 Å². The maximum atomic E-state index is 12.7. The summed E-state index contributed by atoms with van der Waals surface area (Å²) in [6, 6.07) is 13.4. The third-order valence-electron chi connectivity index (χ3n) is 5.57. The van der Waals surface area contributed by atoms with Crippen LogP contribution in [0.15, 0.2) is 53.4 Å². The molecule has 2 aliphatic rings. The van der Waals surface area contributed by atoms with E-state index in [1.54, 1.807) is 24.3 Å². The van der Waals surface area contributed by atoms with Crippen molar-refractivity contribution in [2.24, 2.45) is 0 Å². The maximum Gasteiger partial charge on any atom is 0.243 e. The van der Waals surface area contributed by atoms with E-state index in [4.69, 9.17) is 11.6 Å². The van der Waals surface area contributed by atoms with E-state index in [-0.39, 0.29) is 16.8 Å². The third-order valence-corrected chi connectivity index (χ3v) is 7.83. The number of carbonyl (C=O) groups excluding carboxylic acids is 1. The SMILES string of the molecule is O=C(Nc1ccc(S(=O)(=O)N2CCCCC2)cc1)C1CC(c2ccccc2Cl)NN1. The Labute approximate surface area is 181 Å². The molecule has 2 saturated heterocycles. The van der Waals surface area contributed by atoms with Crippen LogP contribution in [0.2, 0.25) is 5.02 Å². The van der Waals surface area contributed by atoms with Gasteiger partial charge >= 0.3 is 0 Å². The van der Waals surface area contributed by atoms with E-state index < -0.39 is 16.1 Å². The van der Waals surface area contributed by atoms with Crippen molar-refractivity contribution < 1.29 is 13.2 Å². The standard InChI is InChI=1S/C21H25ClN4O3S/c22-18-7-3-2-6-17(18)19-14-20(25-24-19)21(27)23-15-8-10-16(11-9-15)30(28,29)26-12-4-1-5-13-26/h2-3,6-11,19-20,24-25H,1,4-5,12-14H2,(H,23,27). The van der Waals surface area contributed by atoms with Gasteiger partial charge in [0.2, 0.25) is 15.9 Å². The number of halogens is 1. The van der Waals surface area contributed by atoms with E-state index in [1.165, 1.54) is 4.31 Å². The van der Waals surface area contributed by atoms with Gasteiger partial charge in [-0.3, -0.25) is 4.79 Å². The molecule has 3 N–H and O–H groups in total. The first-order chi connectivity index (χ1) is 14.4. The molecule has 2 fully saturated rings. The summed E-state index contributed by atoms with van der Waals surface area (Å²) in [4.78, 5) is 12.9. The molecule has 2 heterocycles. The summed E-state index contributed by atoms with van der Waals surface area (Å²) in [7, 11) is -3.48. The Kier molecular flexibility index (Phi) is 6.40. The van der Waals surface area contributed by atoms with Gasteiger partial charge in [0.1, 0.15) is 6.04 Å². The second kappa shape index (κ2) is 9.03. The summed E-state index contributed by atoms with van der Waals surface area (Å²) in [5.41, 5.74) is 7.62. The normalized spacial score (nSPS) is 22.7. The summed E-state index contributed by atoms with van der Waals surface area (Å²) in [5, 5.41) is 3.50. The molecule has 30 heavy (non-hydrogen) atoms. The highest BCUT2D eigenvalue weighted by molar-refractivity contribution is 7.89. The monoisotopic (exact) mass is 448 g/mol. The van der Waals surface area contributed by atoms with E-state index in [2.05, 4.69) is 16.2 Å². The quantitative estimate of drug-likeness (QED) is 0.654. The van der Waals surface area contributed by atoms with Crippen LogP contribution in [-0.4, -0.2) is 37.8 Å². The lowest BCUT2D eigenvalue weighted by molar-refractivity contribution is -0.117. The van der Waals surface area contributed by atoms with Crippen LogP contribution in [0, 0.1) is 0 Å². The highest BCUT2D eigenvalue weighted by atomic mass is 35.5. The Morgan fingerprint density at radius 3 is 2.40 bits per heavy atom. The average molecular weight is 449 g/mol. The van der Waals surface area contributed by atoms with Gasteiger partial charge in [-0.05, 0) is 55.2 Å². The summed E-state index contributed by atoms with van der Waals surface area (Å²) in [6.45, 7) is 1.13. The number of anilines is 1. The van der Waals surface area contributed by atoms with Crippen molar-refractivity contribution in [3.05, 3.63) is 59.1 Å². The lowest BCUT2D eigenvalue weighted by Crippen LogP contribution is -2.39. The van der Waals surface area contributed by atoms with Crippen molar-refractivity contribution in [1.29, 1.82) is 0 Å². The fourth-order valence-electron chi connectivity index (χ4n) is 3.88. The minimum atomic E-state index is -3.48. The molecule has 2 aliphatic heterocycles. The Hall–Kier alpha value is -1.97. The minimum absolute atomic E-state index is 0.0634. The zero-order valence-corrected chi connectivity index (χ0v) is 18.0. The van der Waals surface area contributed by atoms with Crippen LogP contribution in [0.1, 0.15) is 37.3 Å². The van der Waals surface area contributed by atoms with Gasteiger partial charge in [0.05, 0.1) is 4.90 Å². The Morgan fingerprint density at radius 1 is 1.00 bits per heavy atom. The second-order valence-corrected chi connectivity index (χ2v) is 9.97. The van der Waals surface area contributed by atoms with Crippen molar-refractivity contribution in [1.82, 2.24) is 15.2 Å². The first-order valence-corrected chi connectivity index (χ1v) is 11.9. The maximum absolute atomic E-state index is 12.7. The van der Waals surface area contributed by atoms with Crippen molar-refractivity contribution in [2.75, 3.05) is 18.4 Å². The topological polar surface area (TPSA) is 90.5 Å². The first kappa shape index (κ1) is 21.3. The van der Waals surface area contributed by atoms with Crippen molar-refractivity contribution in [2.45, 2.75) is 42.7 Å². The predicted molar refractivity (Wildman–Crippen MR) is 117 cm³/mol. The van der Waals surface area contributed by atoms with Crippen molar-refractivity contribution in [3.8, 4) is 0 Å². The fraction of sp³-hybridized carbons (Fsp3) is 0.381. The van der Waals surface area contributed by atoms with Gasteiger partial charge in [-0.25, -0.2) is 19.3 Å². The lowest BCUT2D eigenvalue weighted by Gasteiger charge is -2.25. The van der Waals surface area contributed by atoms with Gasteiger partial charge in [0.25, 0.3) is 0 Å². The number of carbonyl (C=O) groups is 1. The number of piperidine rings is 1. The predicted octanol–water partition coefficient (Wildman–Crippen LogP) is 3.06. The molecule has 0 radical (unpaired) electrons. The molecule has 2 aromatic rings. The fourth-order valence-corrected chi connectivity index (χ4v) is 5.67. The van der Waals surface area contributed by atoms with Gasteiger partial charge in [0, 0.05) is 29.8 Å². The molecular weight excluding hydrogens is 424 g/mol. The van der Waals surface area contributed by atoms with Crippen LogP contribution in [0.5, 0.6) is 0 Å². The van der Waals surface area contributed by atoms with Crippen LogP contribution in [0.4, 0.5) is 5.69 Å². The molecule has 0 aliphatic carbocycles. The van der Waals surface area contributed by atoms with Gasteiger partial charge in [-0.2, -0.15) is 4.31 Å². The molecule has 2 atom stereocenters. The van der Waals surface area contributed by atoms with Crippen LogP contribution in [0.25, 0.3) is 0 Å². The molecule has 0 saturated carbocycles. The highest BCUT2D eigenvalue weighted by Crippen LogP contribution is 2.29. The number of hydrazine groups is 1. The van der Waals surface area contributed by atoms with Crippen LogP contribution >= 0.6 is 11.6 Å². The Balaban J connectivity index is 1.38. The zero-order valence-electron chi connectivity index (χ0n) is 16.5. The van der Waals surface area contributed by atoms with E-state index in [0.717, 1.165) is 24.8 Å². The molecule has 4 rings (SSSR count). The first-order valence-electron chi connectivity index (χ1n) is 10.1. The molecule has 0 aromatic heterocycles. The Bertz CT molecular complexity index is 1010. The molecular formula is C21H25ClN4O3S. The highest BCUT2D eigenvalue weighted by Gasteiger charge is 2.31. The largest absolute Gasteiger partial charge is 0.325 e. The minimum Gasteiger partial charge on any atom is -0.325 e. The van der Waals surface area contributed by atoms with Crippen LogP contribution in [0.3, 0.4) is 0 Å². The van der Waals surface area contributed by atoms with Gasteiger partial charge in [0.15, 0.2) is 0 Å². The number of nitrogens with one attached hydrogen (secondary N) is 3. The van der Waals surface area contributed by atoms with Gasteiger partial charge < -0.3 is 5.32 Å². The number of rotatable bonds is 5. The molecule has 9 heteroatoms.